The highest BCUT2D eigenvalue weighted by atomic mass is 32.2. The van der Waals surface area contributed by atoms with E-state index in [0.29, 0.717) is 9.23 Å². The quantitative estimate of drug-likeness (QED) is 0.649. The highest BCUT2D eigenvalue weighted by molar-refractivity contribution is 8.26. The van der Waals surface area contributed by atoms with E-state index in [2.05, 4.69) is 4.98 Å². The number of rotatable bonds is 4. The summed E-state index contributed by atoms with van der Waals surface area (Å²) in [7, 11) is 0. The molecule has 2 rings (SSSR count). The number of hydrogen-bond acceptors (Lipinski definition) is 4. The molecule has 5 nitrogen and oxygen atoms in total. The lowest BCUT2D eigenvalue weighted by molar-refractivity contribution is -0.137. The molecule has 1 aliphatic heterocycles. The lowest BCUT2D eigenvalue weighted by atomic mass is 10.3. The number of amides is 1. The van der Waals surface area contributed by atoms with Gasteiger partial charge in [-0.3, -0.25) is 14.5 Å². The number of aromatic amines is 1. The monoisotopic (exact) mass is 282 g/mol. The highest BCUT2D eigenvalue weighted by Gasteiger charge is 2.32. The fourth-order valence-corrected chi connectivity index (χ4v) is 2.77. The average Bonchev–Trinajstić information content (AvgIpc) is 2.88. The van der Waals surface area contributed by atoms with E-state index in [0.717, 1.165) is 5.69 Å². The zero-order valence-electron chi connectivity index (χ0n) is 9.25. The van der Waals surface area contributed by atoms with Crippen LogP contribution in [0, 0.1) is 0 Å². The molecule has 1 saturated heterocycles. The van der Waals surface area contributed by atoms with Gasteiger partial charge in [0.2, 0.25) is 0 Å². The normalized spacial score (nSPS) is 17.8. The van der Waals surface area contributed by atoms with Gasteiger partial charge in [-0.2, -0.15) is 0 Å². The molecule has 2 N–H and O–H groups in total. The van der Waals surface area contributed by atoms with Crippen molar-refractivity contribution in [3.05, 3.63) is 28.9 Å². The zero-order valence-corrected chi connectivity index (χ0v) is 10.9. The maximum Gasteiger partial charge on any atom is 0.305 e. The predicted molar refractivity (Wildman–Crippen MR) is 72.9 cm³/mol. The molecular formula is C11H10N2O3S2. The molecule has 7 heteroatoms. The number of carbonyl (C=O) groups excluding carboxylic acids is 1. The van der Waals surface area contributed by atoms with E-state index in [1.54, 1.807) is 12.3 Å². The highest BCUT2D eigenvalue weighted by Crippen LogP contribution is 2.32. The van der Waals surface area contributed by atoms with E-state index in [1.807, 2.05) is 12.1 Å². The maximum atomic E-state index is 12.0. The largest absolute Gasteiger partial charge is 0.481 e. The number of nitrogens with one attached hydrogen (secondary N) is 1. The standard InChI is InChI=1S/C11H10N2O3S2/c14-9(15)3-5-13-10(16)8(18-11(13)17)6-7-2-1-4-12-7/h1-2,4,6,12H,3,5H2,(H,14,15). The first-order chi connectivity index (χ1) is 8.58. The molecule has 1 aliphatic rings. The Kier molecular flexibility index (Phi) is 3.83. The molecule has 0 aromatic carbocycles. The minimum absolute atomic E-state index is 0.109. The molecule has 1 aromatic rings. The van der Waals surface area contributed by atoms with Crippen LogP contribution in [0.4, 0.5) is 0 Å². The average molecular weight is 282 g/mol. The van der Waals surface area contributed by atoms with Crippen LogP contribution in [0.15, 0.2) is 23.2 Å². The van der Waals surface area contributed by atoms with E-state index < -0.39 is 5.97 Å². The van der Waals surface area contributed by atoms with Gasteiger partial charge in [-0.05, 0) is 18.2 Å². The van der Waals surface area contributed by atoms with E-state index in [1.165, 1.54) is 16.7 Å². The van der Waals surface area contributed by atoms with Crippen LogP contribution in [0.1, 0.15) is 12.1 Å². The van der Waals surface area contributed by atoms with Crippen molar-refractivity contribution in [2.45, 2.75) is 6.42 Å². The van der Waals surface area contributed by atoms with Gasteiger partial charge in [-0.25, -0.2) is 0 Å². The number of nitrogens with zero attached hydrogens (tertiary/aromatic N) is 1. The second kappa shape index (κ2) is 5.36. The van der Waals surface area contributed by atoms with Crippen LogP contribution in [0.25, 0.3) is 6.08 Å². The molecule has 1 aromatic heterocycles. The van der Waals surface area contributed by atoms with Gasteiger partial charge in [0.05, 0.1) is 11.3 Å². The number of thioether (sulfide) groups is 1. The Morgan fingerprint density at radius 1 is 1.61 bits per heavy atom. The third-order valence-electron chi connectivity index (χ3n) is 2.33. The Hall–Kier alpha value is -1.60. The summed E-state index contributed by atoms with van der Waals surface area (Å²) in [5.74, 6) is -1.18. The lowest BCUT2D eigenvalue weighted by Crippen LogP contribution is -2.30. The Bertz CT molecular complexity index is 522. The Labute approximate surface area is 113 Å². The summed E-state index contributed by atoms with van der Waals surface area (Å²) in [4.78, 5) is 27.3. The van der Waals surface area contributed by atoms with Crippen molar-refractivity contribution in [3.8, 4) is 0 Å². The summed E-state index contributed by atoms with van der Waals surface area (Å²) in [5, 5.41) is 8.61. The molecule has 0 unspecified atom stereocenters. The first kappa shape index (κ1) is 12.8. The predicted octanol–water partition coefficient (Wildman–Crippen LogP) is 1.69. The molecule has 0 spiro atoms. The molecular weight excluding hydrogens is 272 g/mol. The van der Waals surface area contributed by atoms with Crippen LogP contribution >= 0.6 is 24.0 Å². The summed E-state index contributed by atoms with van der Waals surface area (Å²) < 4.78 is 0.402. The van der Waals surface area contributed by atoms with E-state index >= 15 is 0 Å². The van der Waals surface area contributed by atoms with E-state index in [-0.39, 0.29) is 18.9 Å². The van der Waals surface area contributed by atoms with Gasteiger partial charge in [-0.15, -0.1) is 0 Å². The second-order valence-corrected chi connectivity index (χ2v) is 5.28. The lowest BCUT2D eigenvalue weighted by Gasteiger charge is -2.12. The molecule has 0 atom stereocenters. The second-order valence-electron chi connectivity index (χ2n) is 3.60. The number of aliphatic carboxylic acids is 1. The third-order valence-corrected chi connectivity index (χ3v) is 3.71. The number of carboxylic acid groups (broad SMARTS) is 1. The molecule has 0 bridgehead atoms. The van der Waals surface area contributed by atoms with Crippen molar-refractivity contribution < 1.29 is 14.7 Å². The van der Waals surface area contributed by atoms with Gasteiger partial charge in [0.1, 0.15) is 4.32 Å². The molecule has 0 aliphatic carbocycles. The van der Waals surface area contributed by atoms with Crippen LogP contribution in [0.2, 0.25) is 0 Å². The minimum atomic E-state index is -0.947. The van der Waals surface area contributed by atoms with Crippen LogP contribution in [0.3, 0.4) is 0 Å². The van der Waals surface area contributed by atoms with Gasteiger partial charge in [0, 0.05) is 18.4 Å². The molecule has 94 valence electrons. The summed E-state index contributed by atoms with van der Waals surface area (Å²) in [5.41, 5.74) is 0.814. The maximum absolute atomic E-state index is 12.0. The van der Waals surface area contributed by atoms with Gasteiger partial charge in [0.25, 0.3) is 5.91 Å². The molecule has 0 radical (unpaired) electrons. The van der Waals surface area contributed by atoms with Crippen molar-refractivity contribution in [3.63, 3.8) is 0 Å². The molecule has 18 heavy (non-hydrogen) atoms. The first-order valence-corrected chi connectivity index (χ1v) is 6.41. The van der Waals surface area contributed by atoms with Crippen molar-refractivity contribution in [2.75, 3.05) is 6.54 Å². The SMILES string of the molecule is O=C(O)CCN1C(=O)C(=Cc2ccc[nH]2)SC1=S. The van der Waals surface area contributed by atoms with Crippen LogP contribution in [0.5, 0.6) is 0 Å². The Morgan fingerprint density at radius 3 is 3.00 bits per heavy atom. The smallest absolute Gasteiger partial charge is 0.305 e. The van der Waals surface area contributed by atoms with Gasteiger partial charge in [0.15, 0.2) is 0 Å². The minimum Gasteiger partial charge on any atom is -0.481 e. The van der Waals surface area contributed by atoms with Crippen molar-refractivity contribution in [1.82, 2.24) is 9.88 Å². The van der Waals surface area contributed by atoms with E-state index in [4.69, 9.17) is 17.3 Å². The molecule has 2 heterocycles. The molecule has 1 amide bonds. The van der Waals surface area contributed by atoms with Gasteiger partial charge >= 0.3 is 5.97 Å². The van der Waals surface area contributed by atoms with Gasteiger partial charge < -0.3 is 10.1 Å². The summed E-state index contributed by atoms with van der Waals surface area (Å²) in [6.07, 6.45) is 3.36. The number of thiocarbonyl (C=S) groups is 1. The summed E-state index contributed by atoms with van der Waals surface area (Å²) >= 11 is 6.25. The fourth-order valence-electron chi connectivity index (χ4n) is 1.48. The fraction of sp³-hybridized carbons (Fsp3) is 0.182. The number of H-pyrrole nitrogens is 1. The number of aromatic nitrogens is 1. The Balaban J connectivity index is 2.11. The third kappa shape index (κ3) is 2.80. The van der Waals surface area contributed by atoms with E-state index in [9.17, 15) is 9.59 Å². The van der Waals surface area contributed by atoms with Crippen molar-refractivity contribution >= 4 is 46.3 Å². The first-order valence-electron chi connectivity index (χ1n) is 5.18. The van der Waals surface area contributed by atoms with Crippen molar-refractivity contribution in [1.29, 1.82) is 0 Å². The van der Waals surface area contributed by atoms with Crippen LogP contribution in [-0.2, 0) is 9.59 Å². The number of hydrogen-bond donors (Lipinski definition) is 2. The molecule has 0 saturated carbocycles. The Morgan fingerprint density at radius 2 is 2.39 bits per heavy atom. The van der Waals surface area contributed by atoms with Crippen LogP contribution < -0.4 is 0 Å². The topological polar surface area (TPSA) is 73.4 Å². The summed E-state index contributed by atoms with van der Waals surface area (Å²) in [6, 6.07) is 3.67. The van der Waals surface area contributed by atoms with Crippen LogP contribution in [-0.4, -0.2) is 37.7 Å². The van der Waals surface area contributed by atoms with Crippen molar-refractivity contribution in [2.24, 2.45) is 0 Å². The number of carboxylic acids is 1. The summed E-state index contributed by atoms with van der Waals surface area (Å²) in [6.45, 7) is 0.113. The van der Waals surface area contributed by atoms with Gasteiger partial charge in [-0.1, -0.05) is 24.0 Å². The zero-order chi connectivity index (χ0) is 13.1. The molecule has 1 fully saturated rings. The number of carbonyl (C=O) groups is 2.